The minimum absolute atomic E-state index is 0.235. The maximum absolute atomic E-state index is 12.3. The van der Waals surface area contributed by atoms with Crippen LogP contribution in [-0.2, 0) is 14.3 Å². The molecule has 2 aliphatic heterocycles. The molecule has 1 unspecified atom stereocenters. The molecule has 1 saturated heterocycles. The molecule has 1 fully saturated rings. The van der Waals surface area contributed by atoms with Crippen LogP contribution in [0, 0.1) is 6.92 Å². The molecule has 0 radical (unpaired) electrons. The third-order valence-corrected chi connectivity index (χ3v) is 5.63. The van der Waals surface area contributed by atoms with E-state index in [1.165, 1.54) is 5.57 Å². The second kappa shape index (κ2) is 7.83. The highest BCUT2D eigenvalue weighted by atomic mass is 16.6. The average Bonchev–Trinajstić information content (AvgIpc) is 3.03. The van der Waals surface area contributed by atoms with Crippen LogP contribution in [0.3, 0.4) is 0 Å². The van der Waals surface area contributed by atoms with Gasteiger partial charge in [0.2, 0.25) is 5.91 Å². The van der Waals surface area contributed by atoms with Gasteiger partial charge in [-0.3, -0.25) is 19.6 Å². The van der Waals surface area contributed by atoms with Crippen molar-refractivity contribution >= 4 is 34.4 Å². The minimum Gasteiger partial charge on any atom is -0.444 e. The minimum atomic E-state index is -0.508. The zero-order valence-corrected chi connectivity index (χ0v) is 18.4. The standard InChI is InChI=1S/C23H28N4O4/c1-14-17-13-16(15-9-11-26(12-10-15)22(30)31-23(2,3)4)5-6-18(17)27(25-14)19-7-8-20(28)24-21(19)29/h5-6,9,13,19H,7-8,10-12H2,1-4H3,(H,24,28,29). The van der Waals surface area contributed by atoms with Gasteiger partial charge in [0.1, 0.15) is 11.6 Å². The molecule has 8 heteroatoms. The number of nitrogens with zero attached hydrogens (tertiary/aromatic N) is 3. The van der Waals surface area contributed by atoms with Crippen molar-refractivity contribution in [3.63, 3.8) is 0 Å². The van der Waals surface area contributed by atoms with E-state index in [2.05, 4.69) is 22.6 Å². The van der Waals surface area contributed by atoms with Crippen LogP contribution in [0.15, 0.2) is 24.3 Å². The average molecular weight is 425 g/mol. The van der Waals surface area contributed by atoms with Gasteiger partial charge in [0.25, 0.3) is 5.91 Å². The van der Waals surface area contributed by atoms with E-state index in [1.807, 2.05) is 39.8 Å². The highest BCUT2D eigenvalue weighted by Gasteiger charge is 2.30. The van der Waals surface area contributed by atoms with Crippen LogP contribution in [0.4, 0.5) is 4.79 Å². The van der Waals surface area contributed by atoms with Gasteiger partial charge in [0.05, 0.1) is 11.2 Å². The number of benzene rings is 1. The maximum atomic E-state index is 12.3. The molecule has 0 saturated carbocycles. The van der Waals surface area contributed by atoms with E-state index in [1.54, 1.807) is 9.58 Å². The molecule has 1 aromatic carbocycles. The first-order valence-electron chi connectivity index (χ1n) is 10.6. The molecule has 2 aliphatic rings. The Morgan fingerprint density at radius 2 is 2.00 bits per heavy atom. The lowest BCUT2D eigenvalue weighted by Gasteiger charge is -2.29. The van der Waals surface area contributed by atoms with Crippen LogP contribution < -0.4 is 5.32 Å². The summed E-state index contributed by atoms with van der Waals surface area (Å²) in [4.78, 5) is 37.8. The summed E-state index contributed by atoms with van der Waals surface area (Å²) in [7, 11) is 0. The Labute approximate surface area is 181 Å². The van der Waals surface area contributed by atoms with Crippen molar-refractivity contribution in [3.05, 3.63) is 35.5 Å². The SMILES string of the molecule is Cc1nn(C2CCC(=O)NC2=O)c2ccc(C3=CCN(C(=O)OC(C)(C)C)CC3)cc12. The topological polar surface area (TPSA) is 93.5 Å². The third-order valence-electron chi connectivity index (χ3n) is 5.63. The fraction of sp³-hybridized carbons (Fsp3) is 0.478. The van der Waals surface area contributed by atoms with Gasteiger partial charge in [-0.2, -0.15) is 5.10 Å². The number of amides is 3. The summed E-state index contributed by atoms with van der Waals surface area (Å²) in [5.74, 6) is -0.539. The summed E-state index contributed by atoms with van der Waals surface area (Å²) in [6.45, 7) is 8.63. The predicted octanol–water partition coefficient (Wildman–Crippen LogP) is 3.35. The molecule has 31 heavy (non-hydrogen) atoms. The number of carbonyl (C=O) groups excluding carboxylic acids is 3. The van der Waals surface area contributed by atoms with Gasteiger partial charge < -0.3 is 9.64 Å². The quantitative estimate of drug-likeness (QED) is 0.747. The van der Waals surface area contributed by atoms with Gasteiger partial charge in [-0.25, -0.2) is 4.79 Å². The monoisotopic (exact) mass is 424 g/mol. The number of imide groups is 1. The van der Waals surface area contributed by atoms with E-state index in [9.17, 15) is 14.4 Å². The molecule has 4 rings (SSSR count). The molecule has 0 bridgehead atoms. The Hall–Kier alpha value is -3.16. The van der Waals surface area contributed by atoms with Crippen molar-refractivity contribution in [2.24, 2.45) is 0 Å². The molecule has 0 aliphatic carbocycles. The molecule has 3 heterocycles. The van der Waals surface area contributed by atoms with Crippen molar-refractivity contribution in [2.45, 2.75) is 58.6 Å². The second-order valence-electron chi connectivity index (χ2n) is 9.13. The number of aromatic nitrogens is 2. The van der Waals surface area contributed by atoms with Crippen molar-refractivity contribution in [1.29, 1.82) is 0 Å². The zero-order chi connectivity index (χ0) is 22.3. The van der Waals surface area contributed by atoms with Gasteiger partial charge >= 0.3 is 6.09 Å². The van der Waals surface area contributed by atoms with E-state index in [0.29, 0.717) is 25.9 Å². The second-order valence-corrected chi connectivity index (χ2v) is 9.13. The number of nitrogens with one attached hydrogen (secondary N) is 1. The highest BCUT2D eigenvalue weighted by molar-refractivity contribution is 6.00. The first-order valence-corrected chi connectivity index (χ1v) is 10.6. The lowest BCUT2D eigenvalue weighted by atomic mass is 9.98. The Kier molecular flexibility index (Phi) is 5.33. The maximum Gasteiger partial charge on any atom is 0.410 e. The summed E-state index contributed by atoms with van der Waals surface area (Å²) in [5.41, 5.74) is 3.47. The summed E-state index contributed by atoms with van der Waals surface area (Å²) in [6, 6.07) is 5.63. The van der Waals surface area contributed by atoms with Gasteiger partial charge in [-0.1, -0.05) is 12.1 Å². The molecule has 0 spiro atoms. The number of piperidine rings is 1. The molecule has 164 valence electrons. The molecule has 2 aromatic rings. The van der Waals surface area contributed by atoms with Crippen molar-refractivity contribution in [1.82, 2.24) is 20.0 Å². The lowest BCUT2D eigenvalue weighted by molar-refractivity contribution is -0.135. The van der Waals surface area contributed by atoms with Crippen LogP contribution in [-0.4, -0.2) is 51.3 Å². The van der Waals surface area contributed by atoms with E-state index >= 15 is 0 Å². The van der Waals surface area contributed by atoms with Crippen molar-refractivity contribution in [3.8, 4) is 0 Å². The number of hydrogen-bond acceptors (Lipinski definition) is 5. The molecule has 3 amide bonds. The molecular formula is C23H28N4O4. The predicted molar refractivity (Wildman–Crippen MR) is 116 cm³/mol. The van der Waals surface area contributed by atoms with E-state index < -0.39 is 11.6 Å². The van der Waals surface area contributed by atoms with Gasteiger partial charge in [0.15, 0.2) is 0 Å². The lowest BCUT2D eigenvalue weighted by Crippen LogP contribution is -2.42. The first kappa shape index (κ1) is 21.1. The molecule has 1 aromatic heterocycles. The highest BCUT2D eigenvalue weighted by Crippen LogP contribution is 2.30. The largest absolute Gasteiger partial charge is 0.444 e. The molecule has 8 nitrogen and oxygen atoms in total. The summed E-state index contributed by atoms with van der Waals surface area (Å²) < 4.78 is 7.19. The fourth-order valence-electron chi connectivity index (χ4n) is 4.07. The first-order chi connectivity index (χ1) is 14.6. The number of aryl methyl sites for hydroxylation is 1. The number of carbonyl (C=O) groups is 3. The van der Waals surface area contributed by atoms with E-state index in [0.717, 1.165) is 28.6 Å². The summed E-state index contributed by atoms with van der Waals surface area (Å²) in [5, 5.41) is 7.99. The molecular weight excluding hydrogens is 396 g/mol. The van der Waals surface area contributed by atoms with Crippen LogP contribution in [0.2, 0.25) is 0 Å². The van der Waals surface area contributed by atoms with Gasteiger partial charge in [-0.05, 0) is 63.8 Å². The van der Waals surface area contributed by atoms with Crippen molar-refractivity contribution < 1.29 is 19.1 Å². The van der Waals surface area contributed by atoms with Crippen LogP contribution >= 0.6 is 0 Å². The van der Waals surface area contributed by atoms with Gasteiger partial charge in [0, 0.05) is 24.9 Å². The van der Waals surface area contributed by atoms with Crippen molar-refractivity contribution in [2.75, 3.05) is 13.1 Å². The van der Waals surface area contributed by atoms with E-state index in [-0.39, 0.29) is 17.9 Å². The Balaban J connectivity index is 1.55. The third kappa shape index (κ3) is 4.33. The molecule has 1 atom stereocenters. The van der Waals surface area contributed by atoms with Crippen LogP contribution in [0.5, 0.6) is 0 Å². The Morgan fingerprint density at radius 3 is 2.65 bits per heavy atom. The number of rotatable bonds is 2. The number of fused-ring (bicyclic) bond motifs is 1. The van der Waals surface area contributed by atoms with Crippen LogP contribution in [0.1, 0.15) is 57.3 Å². The number of ether oxygens (including phenoxy) is 1. The van der Waals surface area contributed by atoms with E-state index in [4.69, 9.17) is 4.74 Å². The summed E-state index contributed by atoms with van der Waals surface area (Å²) >= 11 is 0. The summed E-state index contributed by atoms with van der Waals surface area (Å²) in [6.07, 6.45) is 3.28. The molecule has 1 N–H and O–H groups in total. The normalized spacial score (nSPS) is 19.9. The smallest absolute Gasteiger partial charge is 0.410 e. The zero-order valence-electron chi connectivity index (χ0n) is 18.4. The fourth-order valence-corrected chi connectivity index (χ4v) is 4.07. The Morgan fingerprint density at radius 1 is 1.23 bits per heavy atom. The Bertz CT molecular complexity index is 1090. The van der Waals surface area contributed by atoms with Crippen LogP contribution in [0.25, 0.3) is 16.5 Å². The number of hydrogen-bond donors (Lipinski definition) is 1. The van der Waals surface area contributed by atoms with Gasteiger partial charge in [-0.15, -0.1) is 0 Å².